The molecule has 1 N–H and O–H groups in total. The number of aryl methyl sites for hydroxylation is 2. The van der Waals surface area contributed by atoms with E-state index in [1.807, 2.05) is 32.0 Å². The number of carbonyl (C=O) groups excluding carboxylic acids is 2. The van der Waals surface area contributed by atoms with Crippen LogP contribution in [0.1, 0.15) is 38.8 Å². The van der Waals surface area contributed by atoms with E-state index in [0.717, 1.165) is 22.0 Å². The van der Waals surface area contributed by atoms with Gasteiger partial charge in [0.1, 0.15) is 5.56 Å². The third kappa shape index (κ3) is 3.60. The number of nitrogens with zero attached hydrogens (tertiary/aromatic N) is 1. The lowest BCUT2D eigenvalue weighted by Gasteiger charge is -2.17. The van der Waals surface area contributed by atoms with E-state index in [-0.39, 0.29) is 17.7 Å². The molecule has 1 aromatic heterocycles. The molecule has 0 aliphatic carbocycles. The summed E-state index contributed by atoms with van der Waals surface area (Å²) in [5, 5.41) is 15.2. The van der Waals surface area contributed by atoms with Gasteiger partial charge in [0.25, 0.3) is 0 Å². The summed E-state index contributed by atoms with van der Waals surface area (Å²) in [4.78, 5) is 28.1. The number of benzene rings is 2. The number of carboxylic acids is 1. The molecule has 0 radical (unpaired) electrons. The molecule has 2 aromatic carbocycles. The SMILES string of the molecule is CCOC(=O)c1cnc2c(C)cccc2c1Nc1cc(C(=O)[O-])ccc1C. The van der Waals surface area contributed by atoms with Gasteiger partial charge in [0, 0.05) is 17.3 Å². The van der Waals surface area contributed by atoms with Gasteiger partial charge in [0.15, 0.2) is 0 Å². The highest BCUT2D eigenvalue weighted by atomic mass is 16.5. The number of hydrogen-bond donors (Lipinski definition) is 1. The monoisotopic (exact) mass is 363 g/mol. The Labute approximate surface area is 156 Å². The van der Waals surface area contributed by atoms with Crippen molar-refractivity contribution in [3.63, 3.8) is 0 Å². The van der Waals surface area contributed by atoms with Crippen molar-refractivity contribution in [2.75, 3.05) is 11.9 Å². The van der Waals surface area contributed by atoms with Gasteiger partial charge in [-0.05, 0) is 43.5 Å². The number of ether oxygens (including phenoxy) is 1. The van der Waals surface area contributed by atoms with E-state index in [0.29, 0.717) is 11.4 Å². The van der Waals surface area contributed by atoms with Crippen molar-refractivity contribution in [1.29, 1.82) is 0 Å². The second kappa shape index (κ2) is 7.45. The van der Waals surface area contributed by atoms with Crippen LogP contribution in [0.3, 0.4) is 0 Å². The van der Waals surface area contributed by atoms with Gasteiger partial charge >= 0.3 is 5.97 Å². The number of para-hydroxylation sites is 1. The molecule has 0 amide bonds. The summed E-state index contributed by atoms with van der Waals surface area (Å²) in [5.74, 6) is -1.76. The van der Waals surface area contributed by atoms with Crippen molar-refractivity contribution >= 4 is 34.2 Å². The molecule has 138 valence electrons. The number of carboxylic acid groups (broad SMARTS) is 1. The number of pyridine rings is 1. The number of nitrogens with one attached hydrogen (secondary N) is 1. The Hall–Kier alpha value is -3.41. The molecule has 1 heterocycles. The fraction of sp³-hybridized carbons (Fsp3) is 0.190. The van der Waals surface area contributed by atoms with Crippen molar-refractivity contribution in [2.45, 2.75) is 20.8 Å². The maximum Gasteiger partial charge on any atom is 0.341 e. The van der Waals surface area contributed by atoms with Crippen molar-refractivity contribution in [1.82, 2.24) is 4.98 Å². The molecule has 6 nitrogen and oxygen atoms in total. The minimum absolute atomic E-state index is 0.0512. The van der Waals surface area contributed by atoms with Crippen LogP contribution in [0.25, 0.3) is 10.9 Å². The fourth-order valence-electron chi connectivity index (χ4n) is 2.89. The Morgan fingerprint density at radius 3 is 2.63 bits per heavy atom. The largest absolute Gasteiger partial charge is 0.545 e. The van der Waals surface area contributed by atoms with Crippen LogP contribution >= 0.6 is 0 Å². The van der Waals surface area contributed by atoms with Crippen molar-refractivity contribution in [2.24, 2.45) is 0 Å². The van der Waals surface area contributed by atoms with Crippen molar-refractivity contribution in [3.05, 3.63) is 64.8 Å². The normalized spacial score (nSPS) is 10.6. The van der Waals surface area contributed by atoms with E-state index in [2.05, 4.69) is 10.3 Å². The van der Waals surface area contributed by atoms with Crippen molar-refractivity contribution < 1.29 is 19.4 Å². The number of rotatable bonds is 5. The first-order valence-electron chi connectivity index (χ1n) is 8.56. The minimum Gasteiger partial charge on any atom is -0.545 e. The summed E-state index contributed by atoms with van der Waals surface area (Å²) in [6, 6.07) is 10.3. The quantitative estimate of drug-likeness (QED) is 0.700. The summed E-state index contributed by atoms with van der Waals surface area (Å²) in [6.45, 7) is 5.76. The first-order valence-corrected chi connectivity index (χ1v) is 8.56. The first kappa shape index (κ1) is 18.4. The number of esters is 1. The van der Waals surface area contributed by atoms with Crippen LogP contribution in [-0.2, 0) is 4.74 Å². The van der Waals surface area contributed by atoms with Gasteiger partial charge in [0.05, 0.1) is 23.8 Å². The lowest BCUT2D eigenvalue weighted by Crippen LogP contribution is -2.22. The van der Waals surface area contributed by atoms with E-state index in [1.54, 1.807) is 13.0 Å². The summed E-state index contributed by atoms with van der Waals surface area (Å²) in [6.07, 6.45) is 1.48. The molecule has 0 aliphatic rings. The molecule has 3 aromatic rings. The molecule has 3 rings (SSSR count). The summed E-state index contributed by atoms with van der Waals surface area (Å²) < 4.78 is 5.15. The zero-order valence-electron chi connectivity index (χ0n) is 15.3. The number of fused-ring (bicyclic) bond motifs is 1. The molecule has 0 fully saturated rings. The third-order valence-electron chi connectivity index (χ3n) is 4.33. The molecule has 27 heavy (non-hydrogen) atoms. The predicted molar refractivity (Wildman–Crippen MR) is 101 cm³/mol. The average molecular weight is 363 g/mol. The molecule has 0 atom stereocenters. The summed E-state index contributed by atoms with van der Waals surface area (Å²) in [7, 11) is 0. The Kier molecular flexibility index (Phi) is 5.07. The molecule has 0 saturated carbocycles. The lowest BCUT2D eigenvalue weighted by atomic mass is 10.0. The molecule has 0 bridgehead atoms. The number of hydrogen-bond acceptors (Lipinski definition) is 6. The highest BCUT2D eigenvalue weighted by Gasteiger charge is 2.18. The van der Waals surface area contributed by atoms with Crippen LogP contribution in [0.15, 0.2) is 42.6 Å². The van der Waals surface area contributed by atoms with E-state index in [4.69, 9.17) is 4.74 Å². The Bertz CT molecular complexity index is 1040. The topological polar surface area (TPSA) is 91.3 Å². The summed E-state index contributed by atoms with van der Waals surface area (Å²) >= 11 is 0. The lowest BCUT2D eigenvalue weighted by molar-refractivity contribution is -0.255. The third-order valence-corrected chi connectivity index (χ3v) is 4.33. The highest BCUT2D eigenvalue weighted by molar-refractivity contribution is 6.06. The zero-order chi connectivity index (χ0) is 19.6. The van der Waals surface area contributed by atoms with Gasteiger partial charge in [-0.3, -0.25) is 4.98 Å². The molecule has 0 unspecified atom stereocenters. The van der Waals surface area contributed by atoms with Gasteiger partial charge in [-0.15, -0.1) is 0 Å². The molecule has 6 heteroatoms. The Balaban J connectivity index is 2.21. The number of carbonyl (C=O) groups is 2. The zero-order valence-corrected chi connectivity index (χ0v) is 15.3. The highest BCUT2D eigenvalue weighted by Crippen LogP contribution is 2.32. The molecular formula is C21H19N2O4-. The van der Waals surface area contributed by atoms with Gasteiger partial charge in [0.2, 0.25) is 0 Å². The predicted octanol–water partition coefficient (Wildman–Crippen LogP) is 3.14. The molecular weight excluding hydrogens is 344 g/mol. The Morgan fingerprint density at radius 2 is 1.93 bits per heavy atom. The van der Waals surface area contributed by atoms with Gasteiger partial charge in [-0.1, -0.05) is 30.3 Å². The van der Waals surface area contributed by atoms with Crippen LogP contribution < -0.4 is 10.4 Å². The fourth-order valence-corrected chi connectivity index (χ4v) is 2.89. The smallest absolute Gasteiger partial charge is 0.341 e. The number of anilines is 2. The molecule has 0 spiro atoms. The van der Waals surface area contributed by atoms with Crippen LogP contribution in [0.2, 0.25) is 0 Å². The maximum absolute atomic E-state index is 12.4. The van der Waals surface area contributed by atoms with E-state index < -0.39 is 11.9 Å². The van der Waals surface area contributed by atoms with Gasteiger partial charge in [-0.25, -0.2) is 4.79 Å². The summed E-state index contributed by atoms with van der Waals surface area (Å²) in [5.41, 5.74) is 3.97. The first-order chi connectivity index (χ1) is 12.9. The standard InChI is InChI=1S/C21H20N2O4/c1-4-27-21(26)16-11-22-18-13(3)6-5-7-15(18)19(16)23-17-10-14(20(24)25)9-8-12(17)2/h5-11H,4H2,1-3H3,(H,22,23)(H,24,25)/p-1. The van der Waals surface area contributed by atoms with E-state index >= 15 is 0 Å². The van der Waals surface area contributed by atoms with Crippen LogP contribution in [0.4, 0.5) is 11.4 Å². The second-order valence-electron chi connectivity index (χ2n) is 6.18. The second-order valence-corrected chi connectivity index (χ2v) is 6.18. The van der Waals surface area contributed by atoms with Gasteiger partial charge < -0.3 is 20.0 Å². The minimum atomic E-state index is -1.26. The molecule has 0 saturated heterocycles. The Morgan fingerprint density at radius 1 is 1.15 bits per heavy atom. The maximum atomic E-state index is 12.4. The van der Waals surface area contributed by atoms with Gasteiger partial charge in [-0.2, -0.15) is 0 Å². The van der Waals surface area contributed by atoms with Crippen molar-refractivity contribution in [3.8, 4) is 0 Å². The van der Waals surface area contributed by atoms with Crippen LogP contribution in [0.5, 0.6) is 0 Å². The molecule has 0 aliphatic heterocycles. The van der Waals surface area contributed by atoms with E-state index in [9.17, 15) is 14.7 Å². The number of aromatic nitrogens is 1. The van der Waals surface area contributed by atoms with Crippen LogP contribution in [-0.4, -0.2) is 23.5 Å². The number of aromatic carboxylic acids is 1. The van der Waals surface area contributed by atoms with E-state index in [1.165, 1.54) is 18.3 Å². The van der Waals surface area contributed by atoms with Crippen LogP contribution in [0, 0.1) is 13.8 Å². The average Bonchev–Trinajstić information content (AvgIpc) is 2.64.